The highest BCUT2D eigenvalue weighted by Gasteiger charge is 2.14. The van der Waals surface area contributed by atoms with Crippen molar-refractivity contribution >= 4 is 22.9 Å². The smallest absolute Gasteiger partial charge is 0.147 e. The van der Waals surface area contributed by atoms with Gasteiger partial charge in [-0.2, -0.15) is 0 Å². The molecule has 106 valence electrons. The van der Waals surface area contributed by atoms with Gasteiger partial charge < -0.3 is 15.4 Å². The van der Waals surface area contributed by atoms with Crippen LogP contribution in [0.25, 0.3) is 0 Å². The van der Waals surface area contributed by atoms with E-state index >= 15 is 0 Å². The molecular weight excluding hydrogens is 263 g/mol. The number of nitrogens with two attached hydrogens (primary N) is 1. The molecule has 0 aliphatic heterocycles. The molecule has 1 aromatic rings. The molecule has 0 atom stereocenters. The van der Waals surface area contributed by atoms with E-state index in [4.69, 9.17) is 22.7 Å². The molecule has 1 rings (SSSR count). The minimum absolute atomic E-state index is 0.206. The fourth-order valence-corrected chi connectivity index (χ4v) is 2.00. The molecule has 2 N–H and O–H groups in total. The molecule has 0 aliphatic rings. The van der Waals surface area contributed by atoms with E-state index in [1.807, 2.05) is 4.90 Å². The standard InChI is InChI=1S/C14H21FN2OS/c1-10(2)9-17(6-7-18-3)13-5-4-11(14(16)19)8-12(13)15/h4-5,8,10H,6-7,9H2,1-3H3,(H2,16,19). The molecular formula is C14H21FN2OS. The zero-order valence-electron chi connectivity index (χ0n) is 11.6. The van der Waals surface area contributed by atoms with E-state index < -0.39 is 0 Å². The molecule has 19 heavy (non-hydrogen) atoms. The predicted octanol–water partition coefficient (Wildman–Crippen LogP) is 2.57. The zero-order valence-corrected chi connectivity index (χ0v) is 12.5. The van der Waals surface area contributed by atoms with Crippen LogP contribution in [0.5, 0.6) is 0 Å². The number of anilines is 1. The van der Waals surface area contributed by atoms with Crippen molar-refractivity contribution in [1.82, 2.24) is 0 Å². The molecule has 0 saturated heterocycles. The summed E-state index contributed by atoms with van der Waals surface area (Å²) in [5.74, 6) is 0.133. The Kier molecular flexibility index (Phi) is 6.18. The third-order valence-corrected chi connectivity index (χ3v) is 2.96. The van der Waals surface area contributed by atoms with Crippen LogP contribution in [0.3, 0.4) is 0 Å². The Labute approximate surface area is 119 Å². The number of hydrogen-bond donors (Lipinski definition) is 1. The third-order valence-electron chi connectivity index (χ3n) is 2.72. The largest absolute Gasteiger partial charge is 0.389 e. The molecule has 1 aromatic carbocycles. The summed E-state index contributed by atoms with van der Waals surface area (Å²) in [6.07, 6.45) is 0. The Balaban J connectivity index is 2.97. The van der Waals surface area contributed by atoms with Gasteiger partial charge in [-0.15, -0.1) is 0 Å². The highest BCUT2D eigenvalue weighted by Crippen LogP contribution is 2.21. The van der Waals surface area contributed by atoms with Gasteiger partial charge in [0.25, 0.3) is 0 Å². The van der Waals surface area contributed by atoms with Gasteiger partial charge in [0.1, 0.15) is 10.8 Å². The maximum Gasteiger partial charge on any atom is 0.147 e. The van der Waals surface area contributed by atoms with Crippen molar-refractivity contribution < 1.29 is 9.13 Å². The van der Waals surface area contributed by atoms with E-state index in [0.717, 1.165) is 6.54 Å². The number of halogens is 1. The summed E-state index contributed by atoms with van der Waals surface area (Å²) in [4.78, 5) is 2.19. The van der Waals surface area contributed by atoms with Crippen molar-refractivity contribution in [2.24, 2.45) is 11.7 Å². The van der Waals surface area contributed by atoms with E-state index in [0.29, 0.717) is 30.3 Å². The predicted molar refractivity (Wildman–Crippen MR) is 81.2 cm³/mol. The first-order valence-corrected chi connectivity index (χ1v) is 6.69. The lowest BCUT2D eigenvalue weighted by molar-refractivity contribution is 0.204. The first-order valence-electron chi connectivity index (χ1n) is 6.29. The molecule has 0 radical (unpaired) electrons. The second kappa shape index (κ2) is 7.40. The number of ether oxygens (including phenoxy) is 1. The Morgan fingerprint density at radius 2 is 2.16 bits per heavy atom. The Morgan fingerprint density at radius 1 is 1.47 bits per heavy atom. The van der Waals surface area contributed by atoms with Gasteiger partial charge in [0.2, 0.25) is 0 Å². The van der Waals surface area contributed by atoms with Gasteiger partial charge in [0.15, 0.2) is 0 Å². The number of thiocarbonyl (C=S) groups is 1. The van der Waals surface area contributed by atoms with Crippen molar-refractivity contribution in [3.8, 4) is 0 Å². The summed E-state index contributed by atoms with van der Waals surface area (Å²) in [7, 11) is 1.64. The lowest BCUT2D eigenvalue weighted by atomic mass is 10.1. The average molecular weight is 284 g/mol. The monoisotopic (exact) mass is 284 g/mol. The van der Waals surface area contributed by atoms with E-state index in [1.165, 1.54) is 6.07 Å². The molecule has 0 heterocycles. The van der Waals surface area contributed by atoms with Crippen molar-refractivity contribution in [1.29, 1.82) is 0 Å². The van der Waals surface area contributed by atoms with Gasteiger partial charge in [-0.1, -0.05) is 26.1 Å². The molecule has 0 aromatic heterocycles. The maximum atomic E-state index is 14.1. The van der Waals surface area contributed by atoms with Gasteiger partial charge in [-0.05, 0) is 24.1 Å². The van der Waals surface area contributed by atoms with Crippen molar-refractivity contribution in [2.75, 3.05) is 31.7 Å². The van der Waals surface area contributed by atoms with Gasteiger partial charge in [0, 0.05) is 25.8 Å². The van der Waals surface area contributed by atoms with Crippen LogP contribution in [-0.2, 0) is 4.74 Å². The summed E-state index contributed by atoms with van der Waals surface area (Å²) < 4.78 is 19.2. The van der Waals surface area contributed by atoms with Crippen LogP contribution in [-0.4, -0.2) is 31.8 Å². The SMILES string of the molecule is COCCN(CC(C)C)c1ccc(C(N)=S)cc1F. The van der Waals surface area contributed by atoms with Gasteiger partial charge in [0.05, 0.1) is 12.3 Å². The second-order valence-electron chi connectivity index (χ2n) is 4.86. The summed E-state index contributed by atoms with van der Waals surface area (Å²) in [5.41, 5.74) is 6.61. The maximum absolute atomic E-state index is 14.1. The molecule has 0 unspecified atom stereocenters. The van der Waals surface area contributed by atoms with Crippen molar-refractivity contribution in [3.05, 3.63) is 29.6 Å². The Morgan fingerprint density at radius 3 is 2.63 bits per heavy atom. The molecule has 0 aliphatic carbocycles. The van der Waals surface area contributed by atoms with Crippen LogP contribution in [0.2, 0.25) is 0 Å². The number of nitrogens with zero attached hydrogens (tertiary/aromatic N) is 1. The topological polar surface area (TPSA) is 38.5 Å². The number of methoxy groups -OCH3 is 1. The van der Waals surface area contributed by atoms with Crippen LogP contribution in [0.4, 0.5) is 10.1 Å². The quantitative estimate of drug-likeness (QED) is 0.781. The third kappa shape index (κ3) is 4.76. The molecule has 0 saturated carbocycles. The lowest BCUT2D eigenvalue weighted by Gasteiger charge is -2.27. The molecule has 0 spiro atoms. The summed E-state index contributed by atoms with van der Waals surface area (Å²) in [6.45, 7) is 6.18. The number of benzene rings is 1. The first-order chi connectivity index (χ1) is 8.95. The minimum Gasteiger partial charge on any atom is -0.389 e. The van der Waals surface area contributed by atoms with Crippen molar-refractivity contribution in [2.45, 2.75) is 13.8 Å². The van der Waals surface area contributed by atoms with Crippen LogP contribution in [0.15, 0.2) is 18.2 Å². The highest BCUT2D eigenvalue weighted by molar-refractivity contribution is 7.80. The van der Waals surface area contributed by atoms with Gasteiger partial charge in [-0.3, -0.25) is 0 Å². The highest BCUT2D eigenvalue weighted by atomic mass is 32.1. The Hall–Kier alpha value is -1.20. The summed E-state index contributed by atoms with van der Waals surface area (Å²) in [6, 6.07) is 4.86. The molecule has 0 bridgehead atoms. The summed E-state index contributed by atoms with van der Waals surface area (Å²) in [5, 5.41) is 0. The number of rotatable bonds is 7. The van der Waals surface area contributed by atoms with Crippen LogP contribution < -0.4 is 10.6 Å². The van der Waals surface area contributed by atoms with E-state index in [-0.39, 0.29) is 10.8 Å². The van der Waals surface area contributed by atoms with Crippen LogP contribution >= 0.6 is 12.2 Å². The normalized spacial score (nSPS) is 10.8. The van der Waals surface area contributed by atoms with Crippen molar-refractivity contribution in [3.63, 3.8) is 0 Å². The second-order valence-corrected chi connectivity index (χ2v) is 5.30. The van der Waals surface area contributed by atoms with E-state index in [1.54, 1.807) is 19.2 Å². The molecule has 3 nitrogen and oxygen atoms in total. The Bertz CT molecular complexity index is 437. The zero-order chi connectivity index (χ0) is 14.4. The lowest BCUT2D eigenvalue weighted by Crippen LogP contribution is -2.31. The van der Waals surface area contributed by atoms with E-state index in [2.05, 4.69) is 13.8 Å². The number of hydrogen-bond acceptors (Lipinski definition) is 3. The van der Waals surface area contributed by atoms with Crippen LogP contribution in [0, 0.1) is 11.7 Å². The molecule has 0 amide bonds. The van der Waals surface area contributed by atoms with E-state index in [9.17, 15) is 4.39 Å². The fourth-order valence-electron chi connectivity index (χ4n) is 1.87. The van der Waals surface area contributed by atoms with Crippen LogP contribution in [0.1, 0.15) is 19.4 Å². The van der Waals surface area contributed by atoms with Gasteiger partial charge in [-0.25, -0.2) is 4.39 Å². The summed E-state index contributed by atoms with van der Waals surface area (Å²) >= 11 is 4.85. The average Bonchev–Trinajstić information content (AvgIpc) is 2.34. The first kappa shape index (κ1) is 15.9. The molecule has 0 fully saturated rings. The minimum atomic E-state index is -0.304. The van der Waals surface area contributed by atoms with Gasteiger partial charge >= 0.3 is 0 Å². The molecule has 5 heteroatoms. The fraction of sp³-hybridized carbons (Fsp3) is 0.500.